The summed E-state index contributed by atoms with van der Waals surface area (Å²) < 4.78 is 8.68. The summed E-state index contributed by atoms with van der Waals surface area (Å²) >= 11 is 1.51. The highest BCUT2D eigenvalue weighted by atomic mass is 32.2. The third-order valence-corrected chi connectivity index (χ3v) is 5.59. The number of amides is 1. The third-order valence-electron chi connectivity index (χ3n) is 4.62. The molecule has 1 N–H and O–H groups in total. The fraction of sp³-hybridized carbons (Fsp3) is 0.263. The second-order valence-corrected chi connectivity index (χ2v) is 7.40. The van der Waals surface area contributed by atoms with Gasteiger partial charge in [0.15, 0.2) is 5.16 Å². The Morgan fingerprint density at radius 3 is 2.96 bits per heavy atom. The summed E-state index contributed by atoms with van der Waals surface area (Å²) in [6.07, 6.45) is 4.82. The predicted octanol–water partition coefficient (Wildman–Crippen LogP) is 1.61. The zero-order chi connectivity index (χ0) is 19.7. The van der Waals surface area contributed by atoms with Gasteiger partial charge in [-0.3, -0.25) is 14.2 Å². The summed E-state index contributed by atoms with van der Waals surface area (Å²) in [6, 6.07) is 6.85. The summed E-state index contributed by atoms with van der Waals surface area (Å²) in [7, 11) is 3.44. The molecule has 1 aliphatic rings. The largest absolute Gasteiger partial charge is 0.497 e. The highest BCUT2D eigenvalue weighted by Crippen LogP contribution is 2.25. The van der Waals surface area contributed by atoms with E-state index in [1.54, 1.807) is 24.1 Å². The topological polar surface area (TPSA) is 91.0 Å². The van der Waals surface area contributed by atoms with Crippen molar-refractivity contribution in [2.24, 2.45) is 7.05 Å². The lowest BCUT2D eigenvalue weighted by Crippen LogP contribution is -2.36. The van der Waals surface area contributed by atoms with E-state index < -0.39 is 11.9 Å². The molecule has 144 valence electrons. The van der Waals surface area contributed by atoms with E-state index >= 15 is 0 Å². The maximum atomic E-state index is 13.0. The number of ether oxygens (including phenoxy) is 1. The van der Waals surface area contributed by atoms with Gasteiger partial charge in [0.1, 0.15) is 23.2 Å². The minimum absolute atomic E-state index is 0.0216. The number of methoxy groups -OCH3 is 1. The van der Waals surface area contributed by atoms with Crippen LogP contribution in [-0.2, 0) is 13.6 Å². The summed E-state index contributed by atoms with van der Waals surface area (Å²) in [5.74, 6) is 1.61. The number of aromatic nitrogens is 4. The molecule has 3 heterocycles. The molecule has 4 rings (SSSR count). The zero-order valence-corrected chi connectivity index (χ0v) is 16.3. The average molecular weight is 397 g/mol. The SMILES string of the molecule is COc1cccc([C@@H](NC(=O)c2cnc3n(c2=O)CCS3)c2nccn2C)c1. The number of carbonyl (C=O) groups is 1. The van der Waals surface area contributed by atoms with Crippen LogP contribution in [0.4, 0.5) is 0 Å². The van der Waals surface area contributed by atoms with Crippen molar-refractivity contribution < 1.29 is 9.53 Å². The molecule has 0 saturated heterocycles. The second-order valence-electron chi connectivity index (χ2n) is 6.34. The van der Waals surface area contributed by atoms with Crippen LogP contribution in [0.15, 0.2) is 52.8 Å². The van der Waals surface area contributed by atoms with Crippen molar-refractivity contribution in [1.82, 2.24) is 24.4 Å². The first kappa shape index (κ1) is 18.3. The first-order chi connectivity index (χ1) is 13.6. The Balaban J connectivity index is 1.71. The van der Waals surface area contributed by atoms with Gasteiger partial charge < -0.3 is 14.6 Å². The van der Waals surface area contributed by atoms with Crippen molar-refractivity contribution in [2.75, 3.05) is 12.9 Å². The smallest absolute Gasteiger partial charge is 0.267 e. The molecule has 28 heavy (non-hydrogen) atoms. The van der Waals surface area contributed by atoms with Crippen molar-refractivity contribution in [3.63, 3.8) is 0 Å². The van der Waals surface area contributed by atoms with E-state index in [1.807, 2.05) is 35.9 Å². The number of fused-ring (bicyclic) bond motifs is 1. The number of hydrogen-bond donors (Lipinski definition) is 1. The van der Waals surface area contributed by atoms with Crippen LogP contribution < -0.4 is 15.6 Å². The van der Waals surface area contributed by atoms with Crippen LogP contribution in [0.2, 0.25) is 0 Å². The Bertz CT molecular complexity index is 1090. The maximum absolute atomic E-state index is 13.0. The molecule has 1 amide bonds. The Labute approximate surface area is 165 Å². The van der Waals surface area contributed by atoms with Gasteiger partial charge >= 0.3 is 0 Å². The summed E-state index contributed by atoms with van der Waals surface area (Å²) in [5.41, 5.74) is 0.497. The molecule has 0 spiro atoms. The monoisotopic (exact) mass is 397 g/mol. The summed E-state index contributed by atoms with van der Waals surface area (Å²) in [6.45, 7) is 0.561. The van der Waals surface area contributed by atoms with E-state index in [2.05, 4.69) is 15.3 Å². The van der Waals surface area contributed by atoms with Gasteiger partial charge in [-0.05, 0) is 17.7 Å². The third kappa shape index (κ3) is 3.29. The Kier molecular flexibility index (Phi) is 4.91. The number of nitrogens with one attached hydrogen (secondary N) is 1. The fourth-order valence-corrected chi connectivity index (χ4v) is 4.07. The number of imidazole rings is 1. The number of benzene rings is 1. The van der Waals surface area contributed by atoms with Crippen molar-refractivity contribution in [2.45, 2.75) is 17.7 Å². The van der Waals surface area contributed by atoms with Gasteiger partial charge in [-0.1, -0.05) is 23.9 Å². The maximum Gasteiger partial charge on any atom is 0.267 e. The van der Waals surface area contributed by atoms with E-state index in [1.165, 1.54) is 18.0 Å². The van der Waals surface area contributed by atoms with Crippen LogP contribution in [-0.4, -0.2) is 37.9 Å². The first-order valence-electron chi connectivity index (χ1n) is 8.73. The number of thioether (sulfide) groups is 1. The first-order valence-corrected chi connectivity index (χ1v) is 9.71. The van der Waals surface area contributed by atoms with E-state index in [4.69, 9.17) is 4.74 Å². The highest BCUT2D eigenvalue weighted by molar-refractivity contribution is 7.99. The second kappa shape index (κ2) is 7.51. The number of carbonyl (C=O) groups excluding carboxylic acids is 1. The van der Waals surface area contributed by atoms with Gasteiger partial charge in [0, 0.05) is 37.9 Å². The molecule has 0 saturated carbocycles. The van der Waals surface area contributed by atoms with E-state index in [9.17, 15) is 9.59 Å². The van der Waals surface area contributed by atoms with Crippen LogP contribution in [0.3, 0.4) is 0 Å². The average Bonchev–Trinajstić information content (AvgIpc) is 3.35. The molecular formula is C19H19N5O3S. The van der Waals surface area contributed by atoms with Crippen LogP contribution >= 0.6 is 11.8 Å². The van der Waals surface area contributed by atoms with Crippen LogP contribution in [0, 0.1) is 0 Å². The molecule has 0 aliphatic carbocycles. The number of rotatable bonds is 5. The molecule has 8 nitrogen and oxygen atoms in total. The molecule has 0 bridgehead atoms. The number of hydrogen-bond acceptors (Lipinski definition) is 6. The Morgan fingerprint density at radius 1 is 1.36 bits per heavy atom. The lowest BCUT2D eigenvalue weighted by Gasteiger charge is -2.19. The van der Waals surface area contributed by atoms with Gasteiger partial charge in [0.25, 0.3) is 11.5 Å². The quantitative estimate of drug-likeness (QED) is 0.658. The van der Waals surface area contributed by atoms with Crippen molar-refractivity contribution >= 4 is 17.7 Å². The minimum atomic E-state index is -0.547. The molecule has 1 aliphatic heterocycles. The number of nitrogens with zero attached hydrogens (tertiary/aromatic N) is 4. The molecule has 0 fully saturated rings. The summed E-state index contributed by atoms with van der Waals surface area (Å²) in [4.78, 5) is 34.3. The minimum Gasteiger partial charge on any atom is -0.497 e. The lowest BCUT2D eigenvalue weighted by atomic mass is 10.1. The molecule has 2 aromatic heterocycles. The van der Waals surface area contributed by atoms with E-state index in [-0.39, 0.29) is 11.1 Å². The van der Waals surface area contributed by atoms with Crippen LogP contribution in [0.25, 0.3) is 0 Å². The van der Waals surface area contributed by atoms with Crippen molar-refractivity contribution in [3.05, 3.63) is 70.2 Å². The van der Waals surface area contributed by atoms with Gasteiger partial charge in [-0.25, -0.2) is 9.97 Å². The standard InChI is InChI=1S/C19H19N5O3S/c1-23-7-6-20-16(23)15(12-4-3-5-13(10-12)27-2)22-17(25)14-11-21-19-24(18(14)26)8-9-28-19/h3-7,10-11,15H,8-9H2,1-2H3,(H,22,25)/t15-/m1/s1. The van der Waals surface area contributed by atoms with Gasteiger partial charge in [-0.15, -0.1) is 0 Å². The van der Waals surface area contributed by atoms with Gasteiger partial charge in [-0.2, -0.15) is 0 Å². The van der Waals surface area contributed by atoms with Gasteiger partial charge in [0.2, 0.25) is 0 Å². The van der Waals surface area contributed by atoms with E-state index in [0.717, 1.165) is 11.3 Å². The molecule has 0 radical (unpaired) electrons. The summed E-state index contributed by atoms with van der Waals surface area (Å²) in [5, 5.41) is 3.59. The Hall–Kier alpha value is -3.07. The fourth-order valence-electron chi connectivity index (χ4n) is 3.16. The van der Waals surface area contributed by atoms with Crippen molar-refractivity contribution in [1.29, 1.82) is 0 Å². The lowest BCUT2D eigenvalue weighted by molar-refractivity contribution is 0.0938. The van der Waals surface area contributed by atoms with Crippen LogP contribution in [0.1, 0.15) is 27.8 Å². The van der Waals surface area contributed by atoms with Gasteiger partial charge in [0.05, 0.1) is 7.11 Å². The molecule has 3 aromatic rings. The molecule has 1 aromatic carbocycles. The molecule has 9 heteroatoms. The van der Waals surface area contributed by atoms with Crippen molar-refractivity contribution in [3.8, 4) is 5.75 Å². The predicted molar refractivity (Wildman–Crippen MR) is 105 cm³/mol. The Morgan fingerprint density at radius 2 is 2.21 bits per heavy atom. The number of aryl methyl sites for hydroxylation is 1. The molecular weight excluding hydrogens is 378 g/mol. The molecule has 1 atom stereocenters. The van der Waals surface area contributed by atoms with E-state index in [0.29, 0.717) is 23.3 Å². The highest BCUT2D eigenvalue weighted by Gasteiger charge is 2.25. The normalized spacial score (nSPS) is 13.8. The zero-order valence-electron chi connectivity index (χ0n) is 15.5. The molecule has 0 unspecified atom stereocenters. The van der Waals surface area contributed by atoms with Crippen LogP contribution in [0.5, 0.6) is 5.75 Å².